The van der Waals surface area contributed by atoms with Gasteiger partial charge in [-0.3, -0.25) is 0 Å². The molecule has 2 aromatic rings. The van der Waals surface area contributed by atoms with Crippen molar-refractivity contribution >= 4 is 8.32 Å². The van der Waals surface area contributed by atoms with Gasteiger partial charge in [-0.05, 0) is 72.8 Å². The molecule has 0 saturated carbocycles. The summed E-state index contributed by atoms with van der Waals surface area (Å²) in [4.78, 5) is 0. The van der Waals surface area contributed by atoms with Gasteiger partial charge >= 0.3 is 0 Å². The number of allylic oxidation sites excluding steroid dienone is 1. The average Bonchev–Trinajstić information content (AvgIpc) is 2.65. The van der Waals surface area contributed by atoms with E-state index < -0.39 is 8.32 Å². The second-order valence-electron chi connectivity index (χ2n) is 8.62. The van der Waals surface area contributed by atoms with Gasteiger partial charge in [0, 0.05) is 12.5 Å². The minimum Gasteiger partial charge on any atom is -0.508 e. The first kappa shape index (κ1) is 22.2. The zero-order chi connectivity index (χ0) is 20.9. The van der Waals surface area contributed by atoms with Crippen molar-refractivity contribution in [2.45, 2.75) is 57.7 Å². The van der Waals surface area contributed by atoms with Crippen LogP contribution in [0.1, 0.15) is 42.5 Å². The van der Waals surface area contributed by atoms with Crippen LogP contribution in [0.5, 0.6) is 11.5 Å². The van der Waals surface area contributed by atoms with Crippen LogP contribution in [0, 0.1) is 0 Å². The highest BCUT2D eigenvalue weighted by Crippen LogP contribution is 2.36. The lowest BCUT2D eigenvalue weighted by Crippen LogP contribution is -2.28. The van der Waals surface area contributed by atoms with E-state index in [1.54, 1.807) is 25.3 Å². The van der Waals surface area contributed by atoms with Crippen LogP contribution < -0.4 is 0 Å². The smallest absolute Gasteiger partial charge is 0.186 e. The number of hydrogen-bond donors (Lipinski definition) is 2. The number of hydrogen-bond acceptors (Lipinski definition) is 3. The molecule has 0 fully saturated rings. The van der Waals surface area contributed by atoms with Crippen LogP contribution in [0.4, 0.5) is 0 Å². The second kappa shape index (κ2) is 8.97. The minimum atomic E-state index is -1.58. The van der Waals surface area contributed by atoms with E-state index in [-0.39, 0.29) is 5.41 Å². The molecule has 0 amide bonds. The van der Waals surface area contributed by atoms with E-state index in [0.717, 1.165) is 41.1 Å². The Labute approximate surface area is 170 Å². The molecule has 2 aromatic carbocycles. The first-order chi connectivity index (χ1) is 13.1. The van der Waals surface area contributed by atoms with Crippen molar-refractivity contribution in [3.63, 3.8) is 0 Å². The Morgan fingerprint density at radius 3 is 2.07 bits per heavy atom. The molecule has 2 rings (SSSR count). The molecule has 0 saturated heterocycles. The standard InChI is InChI=1S/C24H34O3Si/c1-7-9-18-16-20(11-13-22(18)25)24(2,3)21-12-14-23(26)19(17-21)10-8-15-28(5,6)27-4/h7,11-14,16-17,25-26H,1,8-10,15H2,2-6H3. The predicted molar refractivity (Wildman–Crippen MR) is 120 cm³/mol. The molecule has 0 unspecified atom stereocenters. The molecule has 0 aliphatic carbocycles. The van der Waals surface area contributed by atoms with Gasteiger partial charge in [0.25, 0.3) is 0 Å². The number of phenols is 2. The van der Waals surface area contributed by atoms with E-state index in [0.29, 0.717) is 17.9 Å². The minimum absolute atomic E-state index is 0.243. The largest absolute Gasteiger partial charge is 0.508 e. The molecular weight excluding hydrogens is 364 g/mol. The van der Waals surface area contributed by atoms with Gasteiger partial charge in [-0.2, -0.15) is 0 Å². The molecule has 0 aromatic heterocycles. The van der Waals surface area contributed by atoms with Gasteiger partial charge in [-0.15, -0.1) is 6.58 Å². The zero-order valence-electron chi connectivity index (χ0n) is 17.9. The van der Waals surface area contributed by atoms with E-state index >= 15 is 0 Å². The van der Waals surface area contributed by atoms with Gasteiger partial charge in [0.15, 0.2) is 8.32 Å². The molecule has 0 heterocycles. The Kier molecular flexibility index (Phi) is 7.13. The van der Waals surface area contributed by atoms with E-state index in [4.69, 9.17) is 4.43 Å². The van der Waals surface area contributed by atoms with Crippen LogP contribution in [0.2, 0.25) is 19.1 Å². The molecule has 0 radical (unpaired) electrons. The quantitative estimate of drug-likeness (QED) is 0.406. The molecule has 152 valence electrons. The van der Waals surface area contributed by atoms with Crippen LogP contribution in [-0.2, 0) is 22.7 Å². The first-order valence-corrected chi connectivity index (χ1v) is 13.0. The Bertz CT molecular complexity index is 825. The molecule has 4 heteroatoms. The average molecular weight is 399 g/mol. The van der Waals surface area contributed by atoms with Crippen molar-refractivity contribution in [2.24, 2.45) is 0 Å². The van der Waals surface area contributed by atoms with Crippen LogP contribution in [0.15, 0.2) is 49.1 Å². The molecule has 0 aliphatic rings. The molecule has 0 aliphatic heterocycles. The predicted octanol–water partition coefficient (Wildman–Crippen LogP) is 5.94. The lowest BCUT2D eigenvalue weighted by atomic mass is 9.76. The van der Waals surface area contributed by atoms with Gasteiger partial charge in [0.1, 0.15) is 11.5 Å². The first-order valence-electron chi connectivity index (χ1n) is 9.91. The monoisotopic (exact) mass is 398 g/mol. The van der Waals surface area contributed by atoms with Crippen LogP contribution in [0.3, 0.4) is 0 Å². The van der Waals surface area contributed by atoms with Gasteiger partial charge < -0.3 is 14.6 Å². The second-order valence-corrected chi connectivity index (χ2v) is 13.0. The third-order valence-electron chi connectivity index (χ3n) is 5.74. The molecule has 0 atom stereocenters. The summed E-state index contributed by atoms with van der Waals surface area (Å²) in [6.07, 6.45) is 4.28. The van der Waals surface area contributed by atoms with Gasteiger partial charge in [0.05, 0.1) is 0 Å². The Balaban J connectivity index is 2.29. The third-order valence-corrected chi connectivity index (χ3v) is 8.41. The fourth-order valence-electron chi connectivity index (χ4n) is 3.44. The summed E-state index contributed by atoms with van der Waals surface area (Å²) in [6, 6.07) is 12.8. The van der Waals surface area contributed by atoms with Gasteiger partial charge in [-0.1, -0.05) is 44.2 Å². The van der Waals surface area contributed by atoms with Crippen molar-refractivity contribution < 1.29 is 14.6 Å². The van der Waals surface area contributed by atoms with Crippen LogP contribution in [-0.4, -0.2) is 25.6 Å². The van der Waals surface area contributed by atoms with Crippen molar-refractivity contribution in [2.75, 3.05) is 7.11 Å². The highest BCUT2D eigenvalue weighted by molar-refractivity contribution is 6.71. The van der Waals surface area contributed by atoms with E-state index in [1.165, 1.54) is 0 Å². The molecule has 3 nitrogen and oxygen atoms in total. The van der Waals surface area contributed by atoms with Gasteiger partial charge in [-0.25, -0.2) is 0 Å². The highest BCUT2D eigenvalue weighted by atomic mass is 28.4. The van der Waals surface area contributed by atoms with Crippen molar-refractivity contribution in [3.8, 4) is 11.5 Å². The number of benzene rings is 2. The number of phenolic OH excluding ortho intramolecular Hbond substituents is 2. The Hall–Kier alpha value is -2.04. The van der Waals surface area contributed by atoms with Crippen molar-refractivity contribution in [1.82, 2.24) is 0 Å². The van der Waals surface area contributed by atoms with Gasteiger partial charge in [0.2, 0.25) is 0 Å². The molecule has 2 N–H and O–H groups in total. The molecule has 0 spiro atoms. The maximum atomic E-state index is 10.3. The summed E-state index contributed by atoms with van der Waals surface area (Å²) in [5.74, 6) is 0.658. The van der Waals surface area contributed by atoms with Crippen molar-refractivity contribution in [3.05, 3.63) is 71.3 Å². The number of aromatic hydroxyl groups is 2. The third kappa shape index (κ3) is 5.27. The number of rotatable bonds is 9. The van der Waals surface area contributed by atoms with E-state index in [9.17, 15) is 10.2 Å². The summed E-state index contributed by atoms with van der Waals surface area (Å²) in [5, 5.41) is 20.4. The summed E-state index contributed by atoms with van der Waals surface area (Å²) >= 11 is 0. The lowest BCUT2D eigenvalue weighted by Gasteiger charge is -2.28. The summed E-state index contributed by atoms with van der Waals surface area (Å²) in [6.45, 7) is 12.6. The Morgan fingerprint density at radius 2 is 1.54 bits per heavy atom. The van der Waals surface area contributed by atoms with E-state index in [2.05, 4.69) is 45.7 Å². The summed E-state index contributed by atoms with van der Waals surface area (Å²) < 4.78 is 5.63. The zero-order valence-corrected chi connectivity index (χ0v) is 18.9. The molecule has 0 bridgehead atoms. The Morgan fingerprint density at radius 1 is 1.00 bits per heavy atom. The fraction of sp³-hybridized carbons (Fsp3) is 0.417. The summed E-state index contributed by atoms with van der Waals surface area (Å²) in [5.41, 5.74) is 3.90. The van der Waals surface area contributed by atoms with Crippen LogP contribution >= 0.6 is 0 Å². The maximum Gasteiger partial charge on any atom is 0.186 e. The van der Waals surface area contributed by atoms with E-state index in [1.807, 2.05) is 12.1 Å². The van der Waals surface area contributed by atoms with Crippen LogP contribution in [0.25, 0.3) is 0 Å². The normalized spacial score (nSPS) is 12.2. The maximum absolute atomic E-state index is 10.3. The fourth-order valence-corrected chi connectivity index (χ4v) is 4.67. The highest BCUT2D eigenvalue weighted by Gasteiger charge is 2.25. The summed E-state index contributed by atoms with van der Waals surface area (Å²) in [7, 11) is 0.212. The van der Waals surface area contributed by atoms with Crippen molar-refractivity contribution in [1.29, 1.82) is 0 Å². The molecule has 28 heavy (non-hydrogen) atoms. The topological polar surface area (TPSA) is 49.7 Å². The number of aryl methyl sites for hydroxylation is 1. The SMILES string of the molecule is C=CCc1cc(C(C)(C)c2ccc(O)c(CCC[Si](C)(C)OC)c2)ccc1O. The molecular formula is C24H34O3Si. The lowest BCUT2D eigenvalue weighted by molar-refractivity contribution is 0.401.